The monoisotopic (exact) mass is 950 g/mol. The maximum Gasteiger partial charge on any atom is 0.353 e. The summed E-state index contributed by atoms with van der Waals surface area (Å²) in [6, 6.07) is 8.01. The van der Waals surface area contributed by atoms with E-state index in [1.807, 2.05) is 6.92 Å². The van der Waals surface area contributed by atoms with Crippen LogP contribution in [0.1, 0.15) is 61.3 Å². The van der Waals surface area contributed by atoms with Crippen molar-refractivity contribution < 1.29 is 69.0 Å². The third-order valence-electron chi connectivity index (χ3n) is 12.8. The van der Waals surface area contributed by atoms with Crippen molar-refractivity contribution in [1.82, 2.24) is 20.4 Å². The van der Waals surface area contributed by atoms with Crippen molar-refractivity contribution in [1.29, 1.82) is 0 Å². The minimum atomic E-state index is -1.64. The van der Waals surface area contributed by atoms with Gasteiger partial charge in [0.15, 0.2) is 0 Å². The topological polar surface area (TPSA) is 313 Å². The van der Waals surface area contributed by atoms with Crippen LogP contribution in [0.5, 0.6) is 0 Å². The number of hydrogen-bond acceptors (Lipinski definition) is 14. The van der Waals surface area contributed by atoms with Crippen molar-refractivity contribution >= 4 is 82.4 Å². The molecule has 1 unspecified atom stereocenters. The number of thioether (sulfide) groups is 2. The molecule has 4 amide bonds. The number of anilines is 2. The molecule has 5 aliphatic heterocycles. The lowest BCUT2D eigenvalue weighted by Gasteiger charge is -2.46. The van der Waals surface area contributed by atoms with Crippen molar-refractivity contribution in [3.63, 3.8) is 0 Å². The molecule has 3 saturated heterocycles. The van der Waals surface area contributed by atoms with Gasteiger partial charge < -0.3 is 56.8 Å². The molecule has 0 bridgehead atoms. The van der Waals surface area contributed by atoms with E-state index in [1.54, 1.807) is 6.92 Å². The third-order valence-corrected chi connectivity index (χ3v) is 15.8. The second kappa shape index (κ2) is 19.2. The number of carbonyl (C=O) groups excluding carboxylic acids is 4. The van der Waals surface area contributed by atoms with Gasteiger partial charge in [0, 0.05) is 62.2 Å². The number of aliphatic hydroxyl groups is 2. The van der Waals surface area contributed by atoms with Gasteiger partial charge in [-0.3, -0.25) is 28.9 Å². The standard InChI is InChI=1S/C44H50N6O14S2/c1-17-31-29(19(3)51)40(56)50(31)34(44(63)64)35(17)65-25-13-27(45-15-25)37(53)47-23-9-5-7-21(11-23)39(55)49-32(30(20(4)52)42(59)60)18(2)36(33(49)43(61)62)66-26-14-28(46-16-26)38(54)48-24-10-6-8-22(12-24)41(57)58/h5-12,17-20,25-32,45-46,51-52H,13-16H2,1-4H3,(H,47,53)(H,48,54)(H,57,58)(H,59,60)(H,61,62)(H,63,64)/t17-,18-,19-,20-,25+,26?,27+,28+,29-,30-,31-,32-/m1/s1. The Hall–Kier alpha value is -5.78. The Bertz CT molecular complexity index is 2440. The van der Waals surface area contributed by atoms with Crippen molar-refractivity contribution in [2.45, 2.75) is 87.4 Å². The van der Waals surface area contributed by atoms with Crippen molar-refractivity contribution in [3.05, 3.63) is 80.9 Å². The fourth-order valence-corrected chi connectivity index (χ4v) is 12.6. The maximum atomic E-state index is 14.6. The highest BCUT2D eigenvalue weighted by Gasteiger charge is 2.60. The van der Waals surface area contributed by atoms with Crippen LogP contribution in [0.2, 0.25) is 0 Å². The van der Waals surface area contributed by atoms with E-state index in [9.17, 15) is 69.0 Å². The minimum Gasteiger partial charge on any atom is -0.481 e. The molecule has 10 N–H and O–H groups in total. The number of rotatable bonds is 16. The van der Waals surface area contributed by atoms with Crippen LogP contribution in [0.4, 0.5) is 11.4 Å². The molecule has 5 aliphatic rings. The Morgan fingerprint density at radius 3 is 1.68 bits per heavy atom. The van der Waals surface area contributed by atoms with E-state index in [2.05, 4.69) is 21.3 Å². The van der Waals surface area contributed by atoms with E-state index >= 15 is 0 Å². The Morgan fingerprint density at radius 2 is 1.21 bits per heavy atom. The highest BCUT2D eigenvalue weighted by molar-refractivity contribution is 8.04. The van der Waals surface area contributed by atoms with Crippen LogP contribution < -0.4 is 21.3 Å². The average molecular weight is 951 g/mol. The van der Waals surface area contributed by atoms with Gasteiger partial charge in [-0.1, -0.05) is 26.0 Å². The molecule has 66 heavy (non-hydrogen) atoms. The molecule has 352 valence electrons. The molecule has 12 atom stereocenters. The number of aromatic carboxylic acids is 1. The summed E-state index contributed by atoms with van der Waals surface area (Å²) in [6.07, 6.45) is -2.02. The van der Waals surface area contributed by atoms with Gasteiger partial charge in [-0.2, -0.15) is 0 Å². The molecule has 3 fully saturated rings. The van der Waals surface area contributed by atoms with E-state index < -0.39 is 113 Å². The lowest BCUT2D eigenvalue weighted by atomic mass is 9.79. The molecule has 5 heterocycles. The smallest absolute Gasteiger partial charge is 0.353 e. The number of hydrogen-bond donors (Lipinski definition) is 10. The molecule has 0 saturated carbocycles. The fourth-order valence-electron chi connectivity index (χ4n) is 9.66. The van der Waals surface area contributed by atoms with Crippen LogP contribution in [-0.2, 0) is 28.8 Å². The van der Waals surface area contributed by atoms with Gasteiger partial charge in [0.2, 0.25) is 17.7 Å². The lowest BCUT2D eigenvalue weighted by molar-refractivity contribution is -0.163. The van der Waals surface area contributed by atoms with Gasteiger partial charge in [-0.15, -0.1) is 23.5 Å². The zero-order valence-corrected chi connectivity index (χ0v) is 37.7. The molecular formula is C44H50N6O14S2. The number of nitrogens with zero attached hydrogens (tertiary/aromatic N) is 2. The first-order chi connectivity index (χ1) is 31.2. The largest absolute Gasteiger partial charge is 0.481 e. The van der Waals surface area contributed by atoms with E-state index in [0.29, 0.717) is 11.4 Å². The minimum absolute atomic E-state index is 0.0244. The number of aliphatic hydroxyl groups excluding tert-OH is 2. The zero-order chi connectivity index (χ0) is 48.0. The van der Waals surface area contributed by atoms with Crippen LogP contribution in [0, 0.1) is 23.7 Å². The Balaban J connectivity index is 1.07. The SMILES string of the molecule is C[C@@H](O)[C@@H](C(=O)O)[C@H]1[C@@H](C)C(SC2CN[C@H](C(=O)Nc3cccc(C(=O)O)c3)C2)=C(C(=O)O)N1C(=O)c1cccc(NC(=O)[C@@H]2C[C@H](SC3=C(C(=O)O)N4C(=O)[C@H]([C@@H](C)O)[C@H]4[C@H]3C)CN2)c1. The van der Waals surface area contributed by atoms with Gasteiger partial charge in [-0.05, 0) is 63.1 Å². The zero-order valence-electron chi connectivity index (χ0n) is 36.0. The van der Waals surface area contributed by atoms with Crippen molar-refractivity contribution in [2.75, 3.05) is 23.7 Å². The van der Waals surface area contributed by atoms with Crippen LogP contribution in [0.3, 0.4) is 0 Å². The lowest BCUT2D eigenvalue weighted by Crippen LogP contribution is -2.63. The molecular weight excluding hydrogens is 901 g/mol. The number of carboxylic acids is 4. The molecule has 7 rings (SSSR count). The number of aliphatic carboxylic acids is 3. The second-order valence-electron chi connectivity index (χ2n) is 17.2. The second-order valence-corrected chi connectivity index (χ2v) is 19.9. The summed E-state index contributed by atoms with van der Waals surface area (Å²) >= 11 is 2.35. The molecule has 22 heteroatoms. The quantitative estimate of drug-likeness (QED) is 0.107. The predicted octanol–water partition coefficient (Wildman–Crippen LogP) is 1.88. The average Bonchev–Trinajstić information content (AvgIpc) is 4.03. The Morgan fingerprint density at radius 1 is 0.712 bits per heavy atom. The van der Waals surface area contributed by atoms with E-state index in [0.717, 1.165) is 16.7 Å². The van der Waals surface area contributed by atoms with Gasteiger partial charge in [0.1, 0.15) is 17.3 Å². The number of carboxylic acid groups (broad SMARTS) is 4. The number of carbonyl (C=O) groups is 8. The van der Waals surface area contributed by atoms with Gasteiger partial charge in [0.25, 0.3) is 5.91 Å². The molecule has 2 aromatic rings. The van der Waals surface area contributed by atoms with Gasteiger partial charge in [0.05, 0.1) is 47.9 Å². The third kappa shape index (κ3) is 9.16. The van der Waals surface area contributed by atoms with E-state index in [4.69, 9.17) is 0 Å². The van der Waals surface area contributed by atoms with Crippen LogP contribution in [-0.4, -0.2) is 148 Å². The predicted molar refractivity (Wildman–Crippen MR) is 239 cm³/mol. The molecule has 0 radical (unpaired) electrons. The van der Waals surface area contributed by atoms with Crippen molar-refractivity contribution in [3.8, 4) is 0 Å². The highest BCUT2D eigenvalue weighted by atomic mass is 32.2. The van der Waals surface area contributed by atoms with Crippen molar-refractivity contribution in [2.24, 2.45) is 23.7 Å². The summed E-state index contributed by atoms with van der Waals surface area (Å²) in [7, 11) is 0. The first-order valence-corrected chi connectivity index (χ1v) is 23.0. The Labute approximate surface area is 386 Å². The summed E-state index contributed by atoms with van der Waals surface area (Å²) in [5.74, 6) is -11.4. The normalized spacial score (nSPS) is 28.4. The van der Waals surface area contributed by atoms with Crippen LogP contribution >= 0.6 is 23.5 Å². The summed E-state index contributed by atoms with van der Waals surface area (Å²) in [4.78, 5) is 107. The first kappa shape index (κ1) is 48.2. The maximum absolute atomic E-state index is 14.6. The molecule has 2 aromatic carbocycles. The number of benzene rings is 2. The highest BCUT2D eigenvalue weighted by Crippen LogP contribution is 2.52. The van der Waals surface area contributed by atoms with Gasteiger partial charge >= 0.3 is 23.9 Å². The summed E-state index contributed by atoms with van der Waals surface area (Å²) in [5.41, 5.74) is -0.305. The van der Waals surface area contributed by atoms with Crippen LogP contribution in [0.15, 0.2) is 69.7 Å². The molecule has 0 aliphatic carbocycles. The van der Waals surface area contributed by atoms with E-state index in [1.165, 1.54) is 79.0 Å². The van der Waals surface area contributed by atoms with Gasteiger partial charge in [-0.25, -0.2) is 14.4 Å². The summed E-state index contributed by atoms with van der Waals surface area (Å²) in [6.45, 7) is 6.66. The fraction of sp³-hybridized carbons (Fsp3) is 0.455. The first-order valence-electron chi connectivity index (χ1n) is 21.3. The molecule has 0 aromatic heterocycles. The molecule has 20 nitrogen and oxygen atoms in total. The Kier molecular flexibility index (Phi) is 14.0. The summed E-state index contributed by atoms with van der Waals surface area (Å²) in [5, 5.41) is 72.4. The van der Waals surface area contributed by atoms with Crippen LogP contribution in [0.25, 0.3) is 0 Å². The molecule has 0 spiro atoms. The number of β-lactam (4-membered cyclic amide) rings is 1. The summed E-state index contributed by atoms with van der Waals surface area (Å²) < 4.78 is 0. The number of amides is 4. The number of nitrogens with one attached hydrogen (secondary N) is 4. The number of fused-ring (bicyclic) bond motifs is 1. The van der Waals surface area contributed by atoms with E-state index in [-0.39, 0.29) is 63.7 Å².